The van der Waals surface area contributed by atoms with Crippen LogP contribution in [0.25, 0.3) is 5.69 Å². The van der Waals surface area contributed by atoms with Gasteiger partial charge in [0.1, 0.15) is 0 Å². The lowest BCUT2D eigenvalue weighted by atomic mass is 9.96. The minimum atomic E-state index is 0. The summed E-state index contributed by atoms with van der Waals surface area (Å²) < 4.78 is 1.84. The maximum absolute atomic E-state index is 6.01. The van der Waals surface area contributed by atoms with Crippen LogP contribution in [0.2, 0.25) is 0 Å². The Morgan fingerprint density at radius 3 is 2.83 bits per heavy atom. The van der Waals surface area contributed by atoms with Crippen molar-refractivity contribution in [2.45, 2.75) is 44.7 Å². The smallest absolute Gasteiger partial charge is 0.189 e. The van der Waals surface area contributed by atoms with Crippen molar-refractivity contribution < 1.29 is 0 Å². The summed E-state index contributed by atoms with van der Waals surface area (Å²) in [6.45, 7) is 0.584. The number of hydrogen-bond donors (Lipinski definition) is 2. The summed E-state index contributed by atoms with van der Waals surface area (Å²) >= 11 is 0. The highest BCUT2D eigenvalue weighted by atomic mass is 127. The fraction of sp³-hybridized carbons (Fsp3) is 0.412. The van der Waals surface area contributed by atoms with Crippen LogP contribution >= 0.6 is 24.0 Å². The third kappa shape index (κ3) is 5.23. The molecule has 0 bridgehead atoms. The monoisotopic (exact) mass is 425 g/mol. The average Bonchev–Trinajstić information content (AvgIpc) is 3.09. The van der Waals surface area contributed by atoms with Gasteiger partial charge >= 0.3 is 0 Å². The summed E-state index contributed by atoms with van der Waals surface area (Å²) in [5.74, 6) is 0.552. The fourth-order valence-electron chi connectivity index (χ4n) is 2.90. The Balaban J connectivity index is 0.00000192. The number of rotatable bonds is 4. The number of nitrogens with one attached hydrogen (secondary N) is 1. The van der Waals surface area contributed by atoms with Gasteiger partial charge in [0.05, 0.1) is 12.2 Å². The molecule has 1 aliphatic carbocycles. The van der Waals surface area contributed by atoms with Gasteiger partial charge in [0.2, 0.25) is 0 Å². The Bertz CT molecular complexity index is 618. The first-order chi connectivity index (χ1) is 10.8. The van der Waals surface area contributed by atoms with E-state index in [1.807, 2.05) is 29.1 Å². The van der Waals surface area contributed by atoms with Gasteiger partial charge in [-0.2, -0.15) is 5.10 Å². The topological polar surface area (TPSA) is 68.2 Å². The molecule has 1 saturated carbocycles. The van der Waals surface area contributed by atoms with E-state index in [1.165, 1.54) is 32.1 Å². The van der Waals surface area contributed by atoms with Crippen LogP contribution in [0, 0.1) is 0 Å². The van der Waals surface area contributed by atoms with E-state index in [9.17, 15) is 0 Å². The molecule has 0 amide bonds. The van der Waals surface area contributed by atoms with Crippen LogP contribution in [0.5, 0.6) is 0 Å². The third-order valence-electron chi connectivity index (χ3n) is 4.07. The van der Waals surface area contributed by atoms with Gasteiger partial charge in [-0.25, -0.2) is 9.67 Å². The fourth-order valence-corrected chi connectivity index (χ4v) is 2.90. The van der Waals surface area contributed by atoms with Crippen LogP contribution in [0.4, 0.5) is 0 Å². The minimum absolute atomic E-state index is 0. The molecule has 1 heterocycles. The summed E-state index contributed by atoms with van der Waals surface area (Å²) in [6, 6.07) is 10.6. The number of aliphatic imine (C=N–C) groups is 1. The second kappa shape index (κ2) is 8.90. The molecule has 124 valence electrons. The molecule has 2 aromatic rings. The van der Waals surface area contributed by atoms with Crippen LogP contribution in [-0.4, -0.2) is 21.8 Å². The standard InChI is InChI=1S/C17H23N5.HI/c18-17(21-15-7-2-1-3-8-15)19-13-14-6-4-9-16(12-14)22-11-5-10-20-22;/h4-6,9-12,15H,1-3,7-8,13H2,(H3,18,19,21);1H. The molecule has 6 heteroatoms. The number of benzene rings is 1. The number of nitrogens with zero attached hydrogens (tertiary/aromatic N) is 3. The molecule has 1 aromatic carbocycles. The quantitative estimate of drug-likeness (QED) is 0.449. The van der Waals surface area contributed by atoms with E-state index in [4.69, 9.17) is 5.73 Å². The molecule has 0 radical (unpaired) electrons. The van der Waals surface area contributed by atoms with E-state index >= 15 is 0 Å². The van der Waals surface area contributed by atoms with Crippen molar-refractivity contribution in [3.8, 4) is 5.69 Å². The Kier molecular flexibility index (Phi) is 6.88. The Morgan fingerprint density at radius 1 is 1.26 bits per heavy atom. The number of halogens is 1. The lowest BCUT2D eigenvalue weighted by Crippen LogP contribution is -2.41. The van der Waals surface area contributed by atoms with Gasteiger partial charge < -0.3 is 11.1 Å². The minimum Gasteiger partial charge on any atom is -0.370 e. The lowest BCUT2D eigenvalue weighted by molar-refractivity contribution is 0.412. The summed E-state index contributed by atoms with van der Waals surface area (Å²) in [7, 11) is 0. The highest BCUT2D eigenvalue weighted by molar-refractivity contribution is 14.0. The zero-order chi connectivity index (χ0) is 15.2. The molecule has 23 heavy (non-hydrogen) atoms. The number of nitrogens with two attached hydrogens (primary N) is 1. The van der Waals surface area contributed by atoms with Gasteiger partial charge in [-0.3, -0.25) is 0 Å². The van der Waals surface area contributed by atoms with Crippen molar-refractivity contribution in [1.82, 2.24) is 15.1 Å². The Morgan fingerprint density at radius 2 is 2.09 bits per heavy atom. The van der Waals surface area contributed by atoms with Crippen molar-refractivity contribution in [2.24, 2.45) is 10.7 Å². The van der Waals surface area contributed by atoms with E-state index in [0.29, 0.717) is 18.5 Å². The van der Waals surface area contributed by atoms with Crippen molar-refractivity contribution >= 4 is 29.9 Å². The van der Waals surface area contributed by atoms with Crippen molar-refractivity contribution in [1.29, 1.82) is 0 Å². The van der Waals surface area contributed by atoms with Gasteiger partial charge in [0, 0.05) is 18.4 Å². The number of aromatic nitrogens is 2. The molecule has 1 aromatic heterocycles. The molecule has 0 saturated heterocycles. The Hall–Kier alpha value is -1.57. The van der Waals surface area contributed by atoms with Crippen LogP contribution < -0.4 is 11.1 Å². The average molecular weight is 425 g/mol. The van der Waals surface area contributed by atoms with Crippen molar-refractivity contribution in [3.63, 3.8) is 0 Å². The van der Waals surface area contributed by atoms with E-state index in [-0.39, 0.29) is 24.0 Å². The number of guanidine groups is 1. The molecule has 0 spiro atoms. The summed E-state index contributed by atoms with van der Waals surface area (Å²) in [5.41, 5.74) is 8.17. The zero-order valence-electron chi connectivity index (χ0n) is 13.2. The summed E-state index contributed by atoms with van der Waals surface area (Å²) in [5, 5.41) is 7.59. The molecule has 5 nitrogen and oxygen atoms in total. The van der Waals surface area contributed by atoms with E-state index < -0.39 is 0 Å². The molecular weight excluding hydrogens is 401 g/mol. The zero-order valence-corrected chi connectivity index (χ0v) is 15.5. The van der Waals surface area contributed by atoms with Crippen LogP contribution in [0.15, 0.2) is 47.7 Å². The maximum Gasteiger partial charge on any atom is 0.189 e. The Labute approximate surface area is 154 Å². The van der Waals surface area contributed by atoms with E-state index in [1.54, 1.807) is 6.20 Å². The molecule has 3 N–H and O–H groups in total. The van der Waals surface area contributed by atoms with Crippen LogP contribution in [-0.2, 0) is 6.54 Å². The van der Waals surface area contributed by atoms with Crippen molar-refractivity contribution in [3.05, 3.63) is 48.3 Å². The van der Waals surface area contributed by atoms with E-state index in [2.05, 4.69) is 27.5 Å². The second-order valence-corrected chi connectivity index (χ2v) is 5.80. The summed E-state index contributed by atoms with van der Waals surface area (Å²) in [4.78, 5) is 4.46. The normalized spacial score (nSPS) is 15.9. The predicted molar refractivity (Wildman–Crippen MR) is 104 cm³/mol. The van der Waals surface area contributed by atoms with Gasteiger partial charge in [-0.1, -0.05) is 31.4 Å². The first kappa shape index (κ1) is 17.8. The molecule has 1 aliphatic rings. The third-order valence-corrected chi connectivity index (χ3v) is 4.07. The molecule has 0 aliphatic heterocycles. The van der Waals surface area contributed by atoms with Gasteiger partial charge in [-0.05, 0) is 36.6 Å². The predicted octanol–water partition coefficient (Wildman–Crippen LogP) is 3.23. The lowest BCUT2D eigenvalue weighted by Gasteiger charge is -2.23. The number of hydrogen-bond acceptors (Lipinski definition) is 2. The largest absolute Gasteiger partial charge is 0.370 e. The van der Waals surface area contributed by atoms with E-state index in [0.717, 1.165) is 11.3 Å². The molecule has 0 atom stereocenters. The van der Waals surface area contributed by atoms with Gasteiger partial charge in [0.25, 0.3) is 0 Å². The van der Waals surface area contributed by atoms with Gasteiger partial charge in [0.15, 0.2) is 5.96 Å². The van der Waals surface area contributed by atoms with Crippen LogP contribution in [0.3, 0.4) is 0 Å². The molecule has 1 fully saturated rings. The molecular formula is C17H24IN5. The molecule has 3 rings (SSSR count). The van der Waals surface area contributed by atoms with Crippen LogP contribution in [0.1, 0.15) is 37.7 Å². The molecule has 0 unspecified atom stereocenters. The van der Waals surface area contributed by atoms with Gasteiger partial charge in [-0.15, -0.1) is 24.0 Å². The first-order valence-electron chi connectivity index (χ1n) is 7.97. The van der Waals surface area contributed by atoms with Crippen molar-refractivity contribution in [2.75, 3.05) is 0 Å². The maximum atomic E-state index is 6.01. The second-order valence-electron chi connectivity index (χ2n) is 5.80. The first-order valence-corrected chi connectivity index (χ1v) is 7.97. The SMILES string of the molecule is I.NC(=NCc1cccc(-n2cccn2)c1)NC1CCCCC1. The highest BCUT2D eigenvalue weighted by Gasteiger charge is 2.13. The highest BCUT2D eigenvalue weighted by Crippen LogP contribution is 2.17. The summed E-state index contributed by atoms with van der Waals surface area (Å²) in [6.07, 6.45) is 10.0.